The molecule has 7 heteroatoms. The van der Waals surface area contributed by atoms with E-state index >= 15 is 0 Å². The number of fused-ring (bicyclic) bond motifs is 1. The van der Waals surface area contributed by atoms with Crippen LogP contribution in [0.15, 0.2) is 98.6 Å². The van der Waals surface area contributed by atoms with Gasteiger partial charge in [0.2, 0.25) is 0 Å². The summed E-state index contributed by atoms with van der Waals surface area (Å²) in [5, 5.41) is 21.4. The van der Waals surface area contributed by atoms with Crippen LogP contribution in [0.1, 0.15) is 23.7 Å². The van der Waals surface area contributed by atoms with E-state index in [4.69, 9.17) is 13.6 Å². The fourth-order valence-corrected chi connectivity index (χ4v) is 4.30. The van der Waals surface area contributed by atoms with E-state index in [1.807, 2.05) is 36.4 Å². The van der Waals surface area contributed by atoms with Crippen molar-refractivity contribution < 1.29 is 28.6 Å². The Morgan fingerprint density at radius 3 is 2.11 bits per heavy atom. The molecule has 0 aliphatic carbocycles. The van der Waals surface area contributed by atoms with Crippen molar-refractivity contribution in [2.75, 3.05) is 7.11 Å². The lowest BCUT2D eigenvalue weighted by atomic mass is 9.90. The summed E-state index contributed by atoms with van der Waals surface area (Å²) in [6, 6.07) is 24.2. The van der Waals surface area contributed by atoms with Gasteiger partial charge in [-0.25, -0.2) is 0 Å². The molecule has 0 saturated heterocycles. The molecule has 0 radical (unpaired) electrons. The highest BCUT2D eigenvalue weighted by molar-refractivity contribution is 5.90. The maximum atomic E-state index is 13.1. The summed E-state index contributed by atoms with van der Waals surface area (Å²) in [7, 11) is 1.26. The number of rotatable bonds is 6. The zero-order valence-electron chi connectivity index (χ0n) is 19.3. The SMILES string of the molecule is COC(=O)CC(c1ccc(-c2ccccc2)o1)c1c(O)cc(O)c2c(=O)cc(-c3ccccc3)oc12. The molecule has 7 nitrogen and oxygen atoms in total. The zero-order valence-corrected chi connectivity index (χ0v) is 19.3. The summed E-state index contributed by atoms with van der Waals surface area (Å²) >= 11 is 0. The van der Waals surface area contributed by atoms with Gasteiger partial charge in [-0.05, 0) is 12.1 Å². The van der Waals surface area contributed by atoms with E-state index in [1.165, 1.54) is 13.2 Å². The summed E-state index contributed by atoms with van der Waals surface area (Å²) in [6.45, 7) is 0. The Balaban J connectivity index is 1.75. The molecule has 0 fully saturated rings. The molecule has 0 aliphatic heterocycles. The molecule has 0 saturated carbocycles. The zero-order chi connectivity index (χ0) is 25.2. The third-order valence-electron chi connectivity index (χ3n) is 6.03. The lowest BCUT2D eigenvalue weighted by molar-refractivity contribution is -0.140. The fourth-order valence-electron chi connectivity index (χ4n) is 4.30. The first kappa shape index (κ1) is 23.0. The van der Waals surface area contributed by atoms with Gasteiger partial charge >= 0.3 is 5.97 Å². The summed E-state index contributed by atoms with van der Waals surface area (Å²) in [5.41, 5.74) is 1.08. The number of methoxy groups -OCH3 is 1. The van der Waals surface area contributed by atoms with Crippen molar-refractivity contribution in [3.8, 4) is 34.1 Å². The highest BCUT2D eigenvalue weighted by Gasteiger charge is 2.30. The molecule has 0 bridgehead atoms. The minimum absolute atomic E-state index is 0.0367. The van der Waals surface area contributed by atoms with Crippen molar-refractivity contribution in [1.82, 2.24) is 0 Å². The van der Waals surface area contributed by atoms with Gasteiger partial charge in [0, 0.05) is 28.8 Å². The monoisotopic (exact) mass is 482 g/mol. The number of benzene rings is 3. The highest BCUT2D eigenvalue weighted by atomic mass is 16.5. The van der Waals surface area contributed by atoms with E-state index < -0.39 is 23.1 Å². The van der Waals surface area contributed by atoms with Crippen molar-refractivity contribution >= 4 is 16.9 Å². The number of aromatic hydroxyl groups is 2. The number of carbonyl (C=O) groups is 1. The van der Waals surface area contributed by atoms with E-state index in [-0.39, 0.29) is 34.5 Å². The second-order valence-electron chi connectivity index (χ2n) is 8.27. The molecule has 2 heterocycles. The first-order valence-electron chi connectivity index (χ1n) is 11.3. The lowest BCUT2D eigenvalue weighted by Crippen LogP contribution is -2.12. The van der Waals surface area contributed by atoms with Crippen molar-refractivity contribution in [3.63, 3.8) is 0 Å². The summed E-state index contributed by atoms with van der Waals surface area (Å²) in [4.78, 5) is 25.5. The molecule has 180 valence electrons. The Morgan fingerprint density at radius 2 is 1.47 bits per heavy atom. The van der Waals surface area contributed by atoms with Gasteiger partial charge in [0.1, 0.15) is 39.7 Å². The van der Waals surface area contributed by atoms with Crippen LogP contribution in [-0.4, -0.2) is 23.3 Å². The van der Waals surface area contributed by atoms with Gasteiger partial charge in [-0.15, -0.1) is 0 Å². The molecule has 0 aliphatic rings. The Hall–Kier alpha value is -4.78. The Labute approximate surface area is 205 Å². The second-order valence-corrected chi connectivity index (χ2v) is 8.27. The average molecular weight is 482 g/mol. The maximum absolute atomic E-state index is 13.1. The van der Waals surface area contributed by atoms with Gasteiger partial charge in [-0.3, -0.25) is 9.59 Å². The Bertz CT molecular complexity index is 1600. The highest BCUT2D eigenvalue weighted by Crippen LogP contribution is 2.44. The van der Waals surface area contributed by atoms with Crippen LogP contribution in [0.4, 0.5) is 0 Å². The summed E-state index contributed by atoms with van der Waals surface area (Å²) in [5.74, 6) is -1.03. The van der Waals surface area contributed by atoms with E-state index in [0.29, 0.717) is 17.1 Å². The minimum Gasteiger partial charge on any atom is -0.507 e. The predicted octanol–water partition coefficient (Wildman–Crippen LogP) is 5.83. The molecule has 36 heavy (non-hydrogen) atoms. The normalized spacial score (nSPS) is 11.9. The first-order valence-corrected chi connectivity index (χ1v) is 11.3. The minimum atomic E-state index is -0.868. The molecule has 1 atom stereocenters. The van der Waals surface area contributed by atoms with Crippen LogP contribution in [0.2, 0.25) is 0 Å². The third-order valence-corrected chi connectivity index (χ3v) is 6.03. The Kier molecular flexibility index (Phi) is 6.04. The number of hydrogen-bond donors (Lipinski definition) is 2. The van der Waals surface area contributed by atoms with Crippen LogP contribution in [0.5, 0.6) is 11.5 Å². The number of hydrogen-bond acceptors (Lipinski definition) is 7. The predicted molar refractivity (Wildman–Crippen MR) is 134 cm³/mol. The number of furan rings is 1. The second kappa shape index (κ2) is 9.46. The lowest BCUT2D eigenvalue weighted by Gasteiger charge is -2.18. The summed E-state index contributed by atoms with van der Waals surface area (Å²) < 4.78 is 17.1. The molecular formula is C29H22O7. The molecule has 2 aromatic heterocycles. The summed E-state index contributed by atoms with van der Waals surface area (Å²) in [6.07, 6.45) is -0.203. The Morgan fingerprint density at radius 1 is 0.833 bits per heavy atom. The van der Waals surface area contributed by atoms with E-state index in [1.54, 1.807) is 36.4 Å². The molecule has 0 amide bonds. The van der Waals surface area contributed by atoms with Crippen LogP contribution in [0.3, 0.4) is 0 Å². The molecule has 2 N–H and O–H groups in total. The number of esters is 1. The third kappa shape index (κ3) is 4.22. The van der Waals surface area contributed by atoms with E-state index in [2.05, 4.69) is 0 Å². The quantitative estimate of drug-likeness (QED) is 0.293. The van der Waals surface area contributed by atoms with Gasteiger partial charge in [0.25, 0.3) is 0 Å². The van der Waals surface area contributed by atoms with Crippen molar-refractivity contribution in [1.29, 1.82) is 0 Å². The number of phenols is 2. The average Bonchev–Trinajstić information content (AvgIpc) is 3.38. The van der Waals surface area contributed by atoms with Gasteiger partial charge < -0.3 is 23.8 Å². The van der Waals surface area contributed by atoms with Crippen LogP contribution in [0.25, 0.3) is 33.6 Å². The van der Waals surface area contributed by atoms with Crippen LogP contribution in [0, 0.1) is 0 Å². The van der Waals surface area contributed by atoms with Gasteiger partial charge in [0.05, 0.1) is 19.4 Å². The molecule has 1 unspecified atom stereocenters. The van der Waals surface area contributed by atoms with Crippen LogP contribution in [-0.2, 0) is 9.53 Å². The van der Waals surface area contributed by atoms with Crippen LogP contribution >= 0.6 is 0 Å². The largest absolute Gasteiger partial charge is 0.507 e. The molecule has 3 aromatic carbocycles. The van der Waals surface area contributed by atoms with Gasteiger partial charge in [-0.1, -0.05) is 60.7 Å². The number of ether oxygens (including phenoxy) is 1. The smallest absolute Gasteiger partial charge is 0.306 e. The van der Waals surface area contributed by atoms with Crippen molar-refractivity contribution in [2.24, 2.45) is 0 Å². The molecule has 0 spiro atoms. The van der Waals surface area contributed by atoms with E-state index in [0.717, 1.165) is 11.6 Å². The molecule has 5 aromatic rings. The number of carbonyl (C=O) groups excluding carboxylic acids is 1. The topological polar surface area (TPSA) is 110 Å². The van der Waals surface area contributed by atoms with Crippen LogP contribution < -0.4 is 5.43 Å². The van der Waals surface area contributed by atoms with Crippen molar-refractivity contribution in [3.05, 3.63) is 106 Å². The van der Waals surface area contributed by atoms with Gasteiger partial charge in [0.15, 0.2) is 5.43 Å². The fraction of sp³-hybridized carbons (Fsp3) is 0.103. The maximum Gasteiger partial charge on any atom is 0.306 e. The van der Waals surface area contributed by atoms with Crippen molar-refractivity contribution in [2.45, 2.75) is 12.3 Å². The van der Waals surface area contributed by atoms with E-state index in [9.17, 15) is 19.8 Å². The van der Waals surface area contributed by atoms with Gasteiger partial charge in [-0.2, -0.15) is 0 Å². The first-order chi connectivity index (χ1) is 17.5. The number of phenolic OH excluding ortho intramolecular Hbond substituents is 2. The standard InChI is InChI=1S/C29H22O7/c1-34-26(33)14-19(24-13-12-23(35-24)17-8-4-2-5-9-17)27-20(30)15-21(31)28-22(32)16-25(36-29(27)28)18-10-6-3-7-11-18/h2-13,15-16,19,30-31H,14H2,1H3. The molecular weight excluding hydrogens is 460 g/mol. The molecule has 5 rings (SSSR count).